The zero-order valence-corrected chi connectivity index (χ0v) is 28.3. The Morgan fingerprint density at radius 1 is 0.565 bits per heavy atom. The first-order valence-corrected chi connectivity index (χ1v) is 15.6. The lowest BCUT2D eigenvalue weighted by atomic mass is 9.88. The molecule has 4 aromatic carbocycles. The van der Waals surface area contributed by atoms with Crippen LogP contribution in [0.15, 0.2) is 109 Å². The van der Waals surface area contributed by atoms with Crippen molar-refractivity contribution in [1.82, 2.24) is 0 Å². The van der Waals surface area contributed by atoms with E-state index < -0.39 is 30.1 Å². The molecule has 0 N–H and O–H groups in total. The van der Waals surface area contributed by atoms with Crippen LogP contribution in [-0.4, -0.2) is 24.1 Å². The van der Waals surface area contributed by atoms with Crippen molar-refractivity contribution in [1.29, 1.82) is 0 Å². The number of benzene rings is 4. The Kier molecular flexibility index (Phi) is 10.7. The minimum atomic E-state index is -0.566. The summed E-state index contributed by atoms with van der Waals surface area (Å²) in [5, 5.41) is 0. The molecule has 4 aromatic rings. The maximum absolute atomic E-state index is 12.4. The molecular weight excluding hydrogens is 570 g/mol. The van der Waals surface area contributed by atoms with Gasteiger partial charge in [0, 0.05) is 28.2 Å². The predicted molar refractivity (Wildman–Crippen MR) is 189 cm³/mol. The Labute approximate surface area is 274 Å². The summed E-state index contributed by atoms with van der Waals surface area (Å²) in [7, 11) is 0. The van der Waals surface area contributed by atoms with Crippen LogP contribution in [0.25, 0.3) is 11.1 Å². The topological polar surface area (TPSA) is 55.8 Å². The average Bonchev–Trinajstić information content (AvgIpc) is 3.01. The van der Waals surface area contributed by atoms with Crippen LogP contribution in [-0.2, 0) is 19.1 Å². The second-order valence-corrected chi connectivity index (χ2v) is 12.3. The van der Waals surface area contributed by atoms with Gasteiger partial charge in [0.1, 0.15) is 12.2 Å². The highest BCUT2D eigenvalue weighted by molar-refractivity contribution is 5.87. The van der Waals surface area contributed by atoms with Crippen LogP contribution in [0.3, 0.4) is 0 Å². The summed E-state index contributed by atoms with van der Waals surface area (Å²) < 4.78 is 11.4. The summed E-state index contributed by atoms with van der Waals surface area (Å²) in [4.78, 5) is 27.0. The molecule has 5 nitrogen and oxygen atoms in total. The van der Waals surface area contributed by atoms with E-state index in [0.717, 1.165) is 33.8 Å². The van der Waals surface area contributed by atoms with E-state index in [9.17, 15) is 9.59 Å². The molecule has 2 atom stereocenters. The second-order valence-electron chi connectivity index (χ2n) is 12.3. The quantitative estimate of drug-likeness (QED) is 0.124. The molecule has 46 heavy (non-hydrogen) atoms. The highest BCUT2D eigenvalue weighted by Gasteiger charge is 2.31. The molecule has 0 spiro atoms. The van der Waals surface area contributed by atoms with Crippen LogP contribution >= 0.6 is 0 Å². The van der Waals surface area contributed by atoms with Crippen molar-refractivity contribution in [3.8, 4) is 11.1 Å². The van der Waals surface area contributed by atoms with Gasteiger partial charge in [0.25, 0.3) is 0 Å². The maximum atomic E-state index is 12.4. The molecule has 0 aliphatic carbocycles. The number of aryl methyl sites for hydroxylation is 4. The zero-order chi connectivity index (χ0) is 33.7. The predicted octanol–water partition coefficient (Wildman–Crippen LogP) is 10.2. The first-order valence-electron chi connectivity index (χ1n) is 15.6. The molecular formula is C41H45NO4. The molecule has 0 radical (unpaired) electrons. The molecule has 0 aromatic heterocycles. The molecule has 0 aliphatic rings. The molecule has 0 bridgehead atoms. The monoisotopic (exact) mass is 615 g/mol. The van der Waals surface area contributed by atoms with Gasteiger partial charge < -0.3 is 14.4 Å². The zero-order valence-electron chi connectivity index (χ0n) is 28.3. The van der Waals surface area contributed by atoms with Crippen molar-refractivity contribution in [2.75, 3.05) is 4.90 Å². The van der Waals surface area contributed by atoms with Gasteiger partial charge in [-0.3, -0.25) is 0 Å². The highest BCUT2D eigenvalue weighted by atomic mass is 16.6. The van der Waals surface area contributed by atoms with E-state index in [-0.39, 0.29) is 0 Å². The van der Waals surface area contributed by atoms with Gasteiger partial charge in [-0.25, -0.2) is 9.59 Å². The number of carbonyl (C=O) groups excluding carboxylic acids is 2. The highest BCUT2D eigenvalue weighted by Crippen LogP contribution is 2.38. The van der Waals surface area contributed by atoms with Gasteiger partial charge in [0.2, 0.25) is 0 Å². The Bertz CT molecular complexity index is 1670. The molecule has 0 heterocycles. The van der Waals surface area contributed by atoms with Gasteiger partial charge in [0.05, 0.1) is 5.92 Å². The first-order chi connectivity index (χ1) is 21.8. The lowest BCUT2D eigenvalue weighted by molar-refractivity contribution is -0.151. The van der Waals surface area contributed by atoms with Gasteiger partial charge in [-0.15, -0.1) is 0 Å². The summed E-state index contributed by atoms with van der Waals surface area (Å²) in [5.41, 5.74) is 11.9. The fraction of sp³-hybridized carbons (Fsp3) is 0.268. The molecule has 0 saturated carbocycles. The minimum Gasteiger partial charge on any atom is -0.459 e. The van der Waals surface area contributed by atoms with Crippen molar-refractivity contribution < 1.29 is 19.1 Å². The number of nitrogens with zero attached hydrogens (tertiary/aromatic N) is 1. The minimum absolute atomic E-state index is 0.310. The summed E-state index contributed by atoms with van der Waals surface area (Å²) >= 11 is 0. The number of esters is 2. The van der Waals surface area contributed by atoms with Gasteiger partial charge in [0.15, 0.2) is 0 Å². The summed E-state index contributed by atoms with van der Waals surface area (Å²) in [5.74, 6) is -1.36. The van der Waals surface area contributed by atoms with E-state index in [1.165, 1.54) is 22.3 Å². The molecule has 2 unspecified atom stereocenters. The Morgan fingerprint density at radius 2 is 0.935 bits per heavy atom. The smallest absolute Gasteiger partial charge is 0.333 e. The van der Waals surface area contributed by atoms with Crippen molar-refractivity contribution in [3.63, 3.8) is 0 Å². The van der Waals surface area contributed by atoms with Gasteiger partial charge >= 0.3 is 11.9 Å². The summed E-state index contributed by atoms with van der Waals surface area (Å²) in [6, 6.07) is 29.8. The van der Waals surface area contributed by atoms with Crippen molar-refractivity contribution >= 4 is 29.0 Å². The fourth-order valence-corrected chi connectivity index (χ4v) is 5.49. The summed E-state index contributed by atoms with van der Waals surface area (Å²) in [6.45, 7) is 22.8. The molecule has 0 fully saturated rings. The third-order valence-electron chi connectivity index (χ3n) is 8.55. The first kappa shape index (κ1) is 34.0. The van der Waals surface area contributed by atoms with E-state index in [1.54, 1.807) is 27.7 Å². The number of carbonyl (C=O) groups is 2. The standard InChI is InChI=1S/C41H45NO4/c1-25(2)40(43)45-31(9)39(32(10)46-41(44)26(3)4)35-15-13-33(14-16-35)34-17-21-36(22-18-34)42(37-19-11-27(5)29(7)23-37)38-20-12-28(6)30(8)24-38/h11-24,31-32,39H,1,3H2,2,4-10H3. The Balaban J connectivity index is 1.66. The third-order valence-corrected chi connectivity index (χ3v) is 8.55. The second kappa shape index (κ2) is 14.5. The molecule has 5 heteroatoms. The molecule has 4 rings (SSSR count). The van der Waals surface area contributed by atoms with Crippen LogP contribution in [0.4, 0.5) is 17.1 Å². The maximum Gasteiger partial charge on any atom is 0.333 e. The van der Waals surface area contributed by atoms with Gasteiger partial charge in [-0.05, 0) is 131 Å². The number of ether oxygens (including phenoxy) is 2. The Morgan fingerprint density at radius 3 is 1.30 bits per heavy atom. The SMILES string of the molecule is C=C(C)C(=O)OC(C)C(c1ccc(-c2ccc(N(c3ccc(C)c(C)c3)c3ccc(C)c(C)c3)cc2)cc1)C(C)OC(=O)C(=C)C. The number of hydrogen-bond acceptors (Lipinski definition) is 5. The fourth-order valence-electron chi connectivity index (χ4n) is 5.49. The van der Waals surface area contributed by atoms with E-state index in [2.05, 4.69) is 106 Å². The van der Waals surface area contributed by atoms with Gasteiger partial charge in [-0.1, -0.05) is 61.7 Å². The average molecular weight is 616 g/mol. The van der Waals surface area contributed by atoms with E-state index in [4.69, 9.17) is 9.47 Å². The van der Waals surface area contributed by atoms with Crippen molar-refractivity contribution in [3.05, 3.63) is 137 Å². The van der Waals surface area contributed by atoms with Crippen LogP contribution in [0.2, 0.25) is 0 Å². The molecule has 0 saturated heterocycles. The lowest BCUT2D eigenvalue weighted by Crippen LogP contribution is -2.33. The number of hydrogen-bond donors (Lipinski definition) is 0. The largest absolute Gasteiger partial charge is 0.459 e. The lowest BCUT2D eigenvalue weighted by Gasteiger charge is -2.30. The normalized spacial score (nSPS) is 12.9. The van der Waals surface area contributed by atoms with Crippen molar-refractivity contribution in [2.45, 2.75) is 73.5 Å². The molecule has 0 amide bonds. The van der Waals surface area contributed by atoms with E-state index in [1.807, 2.05) is 24.3 Å². The van der Waals surface area contributed by atoms with Crippen LogP contribution in [0.5, 0.6) is 0 Å². The third kappa shape index (κ3) is 7.84. The number of rotatable bonds is 11. The van der Waals surface area contributed by atoms with E-state index in [0.29, 0.717) is 11.1 Å². The van der Waals surface area contributed by atoms with Crippen LogP contribution < -0.4 is 4.90 Å². The van der Waals surface area contributed by atoms with Crippen LogP contribution in [0, 0.1) is 27.7 Å². The number of anilines is 3. The van der Waals surface area contributed by atoms with E-state index >= 15 is 0 Å². The van der Waals surface area contributed by atoms with Crippen molar-refractivity contribution in [2.24, 2.45) is 0 Å². The molecule has 0 aliphatic heterocycles. The van der Waals surface area contributed by atoms with Gasteiger partial charge in [-0.2, -0.15) is 0 Å². The Hall–Kier alpha value is -4.90. The van der Waals surface area contributed by atoms with Crippen LogP contribution in [0.1, 0.15) is 61.4 Å². The summed E-state index contributed by atoms with van der Waals surface area (Å²) in [6.07, 6.45) is -1.13. The molecule has 238 valence electrons.